The summed E-state index contributed by atoms with van der Waals surface area (Å²) in [6.07, 6.45) is -3.16. The van der Waals surface area contributed by atoms with Gasteiger partial charge in [-0.1, -0.05) is 11.6 Å². The lowest BCUT2D eigenvalue weighted by atomic mass is 10.2. The van der Waals surface area contributed by atoms with Gasteiger partial charge in [-0.15, -0.1) is 10.2 Å². The van der Waals surface area contributed by atoms with Gasteiger partial charge in [0.05, 0.1) is 4.90 Å². The fourth-order valence-corrected chi connectivity index (χ4v) is 4.47. The highest BCUT2D eigenvalue weighted by Gasteiger charge is 2.37. The Morgan fingerprint density at radius 1 is 1.06 bits per heavy atom. The van der Waals surface area contributed by atoms with Gasteiger partial charge < -0.3 is 5.32 Å². The number of carbonyl (C=O) groups is 1. The Morgan fingerprint density at radius 3 is 2.39 bits per heavy atom. The smallest absolute Gasteiger partial charge is 0.321 e. The number of nitrogens with one attached hydrogen (secondary N) is 2. The van der Waals surface area contributed by atoms with E-state index in [1.807, 2.05) is 0 Å². The van der Waals surface area contributed by atoms with E-state index in [0.717, 1.165) is 18.9 Å². The molecule has 3 aromatic heterocycles. The van der Waals surface area contributed by atoms with Gasteiger partial charge in [-0.25, -0.2) is 17.9 Å². The Balaban J connectivity index is 1.35. The van der Waals surface area contributed by atoms with Gasteiger partial charge >= 0.3 is 6.18 Å². The molecule has 1 fully saturated rings. The monoisotopic (exact) mass is 537 g/mol. The number of amides is 1. The lowest BCUT2D eigenvalue weighted by Crippen LogP contribution is -2.16. The van der Waals surface area contributed by atoms with Gasteiger partial charge in [-0.05, 0) is 55.3 Å². The van der Waals surface area contributed by atoms with Crippen LogP contribution in [0.4, 0.5) is 24.7 Å². The van der Waals surface area contributed by atoms with E-state index >= 15 is 0 Å². The SMILES string of the molecule is O=C(Nc1ccc(S(=O)(=O)Nc2ccc(Cl)nn2)cc1)c1cc2nc(C3CC3)cc(C(F)(F)F)n2n1. The highest BCUT2D eigenvalue weighted by atomic mass is 35.5. The predicted molar refractivity (Wildman–Crippen MR) is 122 cm³/mol. The number of anilines is 2. The maximum absolute atomic E-state index is 13.6. The maximum atomic E-state index is 13.6. The maximum Gasteiger partial charge on any atom is 0.433 e. The number of sulfonamides is 1. The Kier molecular flexibility index (Phi) is 5.79. The van der Waals surface area contributed by atoms with Crippen LogP contribution in [0.3, 0.4) is 0 Å². The van der Waals surface area contributed by atoms with Gasteiger partial charge in [0.25, 0.3) is 15.9 Å². The molecular formula is C21H15ClF3N7O3S. The van der Waals surface area contributed by atoms with E-state index in [1.165, 1.54) is 42.5 Å². The summed E-state index contributed by atoms with van der Waals surface area (Å²) in [6, 6.07) is 9.94. The summed E-state index contributed by atoms with van der Waals surface area (Å²) in [5.74, 6) is -0.855. The molecule has 0 radical (unpaired) electrons. The number of nitrogens with zero attached hydrogens (tertiary/aromatic N) is 5. The molecular weight excluding hydrogens is 523 g/mol. The number of benzene rings is 1. The number of carbonyl (C=O) groups excluding carboxylic acids is 1. The highest BCUT2D eigenvalue weighted by molar-refractivity contribution is 7.92. The molecule has 36 heavy (non-hydrogen) atoms. The van der Waals surface area contributed by atoms with Crippen LogP contribution in [0.15, 0.2) is 53.4 Å². The molecule has 0 atom stereocenters. The first-order valence-electron chi connectivity index (χ1n) is 10.4. The minimum atomic E-state index is -4.68. The highest BCUT2D eigenvalue weighted by Crippen LogP contribution is 2.41. The fourth-order valence-electron chi connectivity index (χ4n) is 3.37. The molecule has 0 unspecified atom stereocenters. The zero-order chi connectivity index (χ0) is 25.7. The van der Waals surface area contributed by atoms with Gasteiger partial charge in [-0.3, -0.25) is 9.52 Å². The third kappa shape index (κ3) is 4.95. The molecule has 0 aliphatic heterocycles. The molecule has 1 aromatic carbocycles. The molecule has 15 heteroatoms. The van der Waals surface area contributed by atoms with Crippen molar-refractivity contribution in [2.45, 2.75) is 29.8 Å². The first kappa shape index (κ1) is 23.9. The number of aromatic nitrogens is 5. The fraction of sp³-hybridized carbons (Fsp3) is 0.190. The zero-order valence-corrected chi connectivity index (χ0v) is 19.6. The normalized spacial score (nSPS) is 14.1. The molecule has 4 aromatic rings. The molecule has 3 heterocycles. The van der Waals surface area contributed by atoms with E-state index in [1.54, 1.807) is 0 Å². The van der Waals surface area contributed by atoms with Crippen LogP contribution in [0, 0.1) is 0 Å². The molecule has 1 aliphatic rings. The van der Waals surface area contributed by atoms with Crippen LogP contribution >= 0.6 is 11.6 Å². The van der Waals surface area contributed by atoms with Crippen LogP contribution in [-0.2, 0) is 16.2 Å². The summed E-state index contributed by atoms with van der Waals surface area (Å²) in [7, 11) is -4.00. The van der Waals surface area contributed by atoms with Crippen molar-refractivity contribution in [3.8, 4) is 0 Å². The van der Waals surface area contributed by atoms with Crippen molar-refractivity contribution in [3.63, 3.8) is 0 Å². The third-order valence-electron chi connectivity index (χ3n) is 5.26. The number of fused-ring (bicyclic) bond motifs is 1. The van der Waals surface area contributed by atoms with Crippen molar-refractivity contribution >= 4 is 44.7 Å². The first-order chi connectivity index (χ1) is 17.0. The number of hydrogen-bond acceptors (Lipinski definition) is 7. The van der Waals surface area contributed by atoms with E-state index in [-0.39, 0.29) is 38.8 Å². The first-order valence-corrected chi connectivity index (χ1v) is 12.3. The van der Waals surface area contributed by atoms with Gasteiger partial charge in [-0.2, -0.15) is 18.3 Å². The van der Waals surface area contributed by atoms with Crippen LogP contribution in [0.1, 0.15) is 40.6 Å². The van der Waals surface area contributed by atoms with Crippen LogP contribution < -0.4 is 10.0 Å². The number of rotatable bonds is 6. The molecule has 186 valence electrons. The Morgan fingerprint density at radius 2 is 1.78 bits per heavy atom. The van der Waals surface area contributed by atoms with Gasteiger partial charge in [0.15, 0.2) is 22.3 Å². The molecule has 0 bridgehead atoms. The number of alkyl halides is 3. The minimum absolute atomic E-state index is 0.0284. The van der Waals surface area contributed by atoms with E-state index in [0.29, 0.717) is 10.2 Å². The Labute approximate surface area is 206 Å². The van der Waals surface area contributed by atoms with Crippen LogP contribution in [-0.4, -0.2) is 39.1 Å². The van der Waals surface area contributed by atoms with E-state index in [4.69, 9.17) is 11.6 Å². The molecule has 5 rings (SSSR count). The molecule has 0 spiro atoms. The molecule has 1 saturated carbocycles. The van der Waals surface area contributed by atoms with E-state index in [9.17, 15) is 26.4 Å². The van der Waals surface area contributed by atoms with Crippen molar-refractivity contribution in [2.75, 3.05) is 10.0 Å². The summed E-state index contributed by atoms with van der Waals surface area (Å²) < 4.78 is 68.6. The minimum Gasteiger partial charge on any atom is -0.321 e. The second-order valence-corrected chi connectivity index (χ2v) is 10.0. The van der Waals surface area contributed by atoms with Gasteiger partial charge in [0, 0.05) is 23.4 Å². The summed E-state index contributed by atoms with van der Waals surface area (Å²) in [5, 5.41) is 13.6. The Bertz CT molecular complexity index is 1570. The van der Waals surface area contributed by atoms with Crippen molar-refractivity contribution < 1.29 is 26.4 Å². The Hall–Kier alpha value is -3.78. The molecule has 10 nitrogen and oxygen atoms in total. The molecule has 1 amide bonds. The summed E-state index contributed by atoms with van der Waals surface area (Å²) >= 11 is 5.63. The van der Waals surface area contributed by atoms with Gasteiger partial charge in [0.2, 0.25) is 0 Å². The van der Waals surface area contributed by atoms with Crippen molar-refractivity contribution in [3.05, 3.63) is 70.8 Å². The summed E-state index contributed by atoms with van der Waals surface area (Å²) in [5.41, 5.74) is -0.863. The standard InChI is InChI=1S/C21H15ClF3N7O3S/c22-17-7-8-18(29-28-17)31-36(34,35)13-5-3-12(4-6-13)26-20(33)15-10-19-27-14(11-1-2-11)9-16(21(23,24)25)32(19)30-15/h3-11H,1-2H2,(H,26,33)(H,29,31). The van der Waals surface area contributed by atoms with Crippen molar-refractivity contribution in [1.82, 2.24) is 24.8 Å². The topological polar surface area (TPSA) is 131 Å². The quantitative estimate of drug-likeness (QED) is 0.378. The van der Waals surface area contributed by atoms with Gasteiger partial charge in [0.1, 0.15) is 5.69 Å². The zero-order valence-electron chi connectivity index (χ0n) is 18.0. The van der Waals surface area contributed by atoms with E-state index < -0.39 is 27.8 Å². The summed E-state index contributed by atoms with van der Waals surface area (Å²) in [4.78, 5) is 16.8. The molecule has 2 N–H and O–H groups in total. The van der Waals surface area contributed by atoms with E-state index in [2.05, 4.69) is 30.3 Å². The number of hydrogen-bond donors (Lipinski definition) is 2. The third-order valence-corrected chi connectivity index (χ3v) is 6.83. The van der Waals surface area contributed by atoms with Crippen LogP contribution in [0.5, 0.6) is 0 Å². The largest absolute Gasteiger partial charge is 0.433 e. The number of halogens is 4. The summed E-state index contributed by atoms with van der Waals surface area (Å²) in [6.45, 7) is 0. The molecule has 1 aliphatic carbocycles. The predicted octanol–water partition coefficient (Wildman–Crippen LogP) is 4.12. The van der Waals surface area contributed by atoms with Crippen LogP contribution in [0.25, 0.3) is 5.65 Å². The second-order valence-electron chi connectivity index (χ2n) is 7.96. The second kappa shape index (κ2) is 8.71. The van der Waals surface area contributed by atoms with Crippen molar-refractivity contribution in [1.29, 1.82) is 0 Å². The average molecular weight is 538 g/mol. The van der Waals surface area contributed by atoms with Crippen LogP contribution in [0.2, 0.25) is 5.15 Å². The lowest BCUT2D eigenvalue weighted by molar-refractivity contribution is -0.142. The average Bonchev–Trinajstić information content (AvgIpc) is 3.58. The lowest BCUT2D eigenvalue weighted by Gasteiger charge is -2.10. The molecule has 0 saturated heterocycles. The van der Waals surface area contributed by atoms with Crippen molar-refractivity contribution in [2.24, 2.45) is 0 Å².